The number of Topliss-reactive ketones (excluding diaryl/α,β-unsaturated/α-hetero) is 1. The molecule has 1 heterocycles. The van der Waals surface area contributed by atoms with E-state index in [0.717, 1.165) is 30.5 Å². The van der Waals surface area contributed by atoms with Gasteiger partial charge in [0.1, 0.15) is 12.1 Å². The molecular formula is C25H35N5O5P+. The van der Waals surface area contributed by atoms with E-state index in [1.54, 1.807) is 6.08 Å². The van der Waals surface area contributed by atoms with Gasteiger partial charge in [-0.3, -0.25) is 19.2 Å². The lowest BCUT2D eigenvalue weighted by molar-refractivity contribution is -0.144. The van der Waals surface area contributed by atoms with Gasteiger partial charge >= 0.3 is 11.9 Å². The van der Waals surface area contributed by atoms with E-state index in [0.29, 0.717) is 12.8 Å². The average molecular weight is 517 g/mol. The highest BCUT2D eigenvalue weighted by atomic mass is 31.0. The molecule has 36 heavy (non-hydrogen) atoms. The third-order valence-electron chi connectivity index (χ3n) is 7.30. The summed E-state index contributed by atoms with van der Waals surface area (Å²) >= 11 is 0. The Bertz CT molecular complexity index is 1080. The molecule has 5 atom stereocenters. The van der Waals surface area contributed by atoms with Gasteiger partial charge in [-0.2, -0.15) is 0 Å². The summed E-state index contributed by atoms with van der Waals surface area (Å²) in [4.78, 5) is 66.1. The normalized spacial score (nSPS) is 23.7. The number of urea groups is 1. The maximum absolute atomic E-state index is 13.8. The largest absolute Gasteiger partial charge is 0.344 e. The van der Waals surface area contributed by atoms with Crippen LogP contribution in [0.4, 0.5) is 4.79 Å². The zero-order valence-corrected chi connectivity index (χ0v) is 22.4. The summed E-state index contributed by atoms with van der Waals surface area (Å²) in [5.41, 5.74) is 4.07. The predicted octanol–water partition coefficient (Wildman–Crippen LogP) is 0.793. The van der Waals surface area contributed by atoms with Crippen LogP contribution in [0.25, 0.3) is 0 Å². The molecule has 11 heteroatoms. The summed E-state index contributed by atoms with van der Waals surface area (Å²) < 4.78 is 0. The van der Waals surface area contributed by atoms with Crippen molar-refractivity contribution in [3.63, 3.8) is 0 Å². The number of carbonyl (C=O) groups is 5. The Hall–Kier alpha value is -2.96. The van der Waals surface area contributed by atoms with E-state index in [4.69, 9.17) is 0 Å². The number of ketones is 1. The number of nitrogens with one attached hydrogen (secondary N) is 4. The Labute approximate surface area is 213 Å². The molecule has 4 N–H and O–H groups in total. The van der Waals surface area contributed by atoms with Crippen molar-refractivity contribution in [3.05, 3.63) is 29.2 Å². The van der Waals surface area contributed by atoms with Crippen molar-refractivity contribution in [1.29, 1.82) is 0 Å². The molecule has 0 aromatic carbocycles. The Kier molecular flexibility index (Phi) is 7.39. The molecule has 4 rings (SSSR count). The van der Waals surface area contributed by atoms with Gasteiger partial charge in [-0.25, -0.2) is 9.88 Å². The fraction of sp³-hybridized carbons (Fsp3) is 0.600. The Morgan fingerprint density at radius 2 is 1.86 bits per heavy atom. The van der Waals surface area contributed by atoms with Crippen molar-refractivity contribution < 1.29 is 24.0 Å². The van der Waals surface area contributed by atoms with Gasteiger partial charge in [0.15, 0.2) is 0 Å². The minimum Gasteiger partial charge on any atom is -0.344 e. The fourth-order valence-electron chi connectivity index (χ4n) is 4.80. The first-order chi connectivity index (χ1) is 17.0. The molecular weight excluding hydrogens is 481 g/mol. The van der Waals surface area contributed by atoms with Crippen LogP contribution in [-0.2, 0) is 19.2 Å². The van der Waals surface area contributed by atoms with Crippen LogP contribution in [0.3, 0.4) is 0 Å². The van der Waals surface area contributed by atoms with Crippen LogP contribution in [0.5, 0.6) is 0 Å². The maximum Gasteiger partial charge on any atom is 0.320 e. The standard InChI is InChI=1S/C25H34N5O5P/c1-25(2,3)20(28-24(35)26-15-8-9-15)23(34)30-12-14-7-10-16(14)18(30)21(32)27-17(11-13-5-4-6-13)19(31)22(33)29-36/h8,10,13,16-18,20H,4-6,9,11-12,36H2,1-3H3,(H,27,32)(H,29,33)(H2,26,28,35)/p+1/t16-,17?,18-,20+/m0/s1. The van der Waals surface area contributed by atoms with E-state index < -0.39 is 47.2 Å². The second-order valence-corrected chi connectivity index (χ2v) is 11.4. The van der Waals surface area contributed by atoms with Gasteiger partial charge < -0.3 is 20.9 Å². The lowest BCUT2D eigenvalue weighted by atomic mass is 9.80. The van der Waals surface area contributed by atoms with Crippen molar-refractivity contribution in [3.8, 4) is 0 Å². The maximum atomic E-state index is 13.8. The third-order valence-corrected chi connectivity index (χ3v) is 7.62. The number of carbonyl (C=O) groups excluding carboxylic acids is 5. The van der Waals surface area contributed by atoms with Gasteiger partial charge in [0.2, 0.25) is 17.6 Å². The second kappa shape index (κ2) is 10.2. The molecule has 1 aliphatic heterocycles. The van der Waals surface area contributed by atoms with Crippen LogP contribution in [-0.4, -0.2) is 59.1 Å². The van der Waals surface area contributed by atoms with Crippen LogP contribution in [0.2, 0.25) is 0 Å². The molecule has 3 aliphatic carbocycles. The predicted molar refractivity (Wildman–Crippen MR) is 136 cm³/mol. The molecule has 4 aliphatic rings. The first-order valence-electron chi connectivity index (χ1n) is 12.4. The van der Waals surface area contributed by atoms with Gasteiger partial charge in [0.05, 0.1) is 22.0 Å². The van der Waals surface area contributed by atoms with E-state index >= 15 is 0 Å². The quantitative estimate of drug-likeness (QED) is 0.204. The van der Waals surface area contributed by atoms with Gasteiger partial charge in [-0.15, -0.1) is 5.73 Å². The van der Waals surface area contributed by atoms with Gasteiger partial charge in [-0.05, 0) is 23.8 Å². The molecule has 1 saturated heterocycles. The van der Waals surface area contributed by atoms with Crippen LogP contribution in [0.1, 0.15) is 52.9 Å². The van der Waals surface area contributed by atoms with Gasteiger partial charge in [0, 0.05) is 23.6 Å². The van der Waals surface area contributed by atoms with E-state index in [2.05, 4.69) is 26.8 Å². The molecule has 10 nitrogen and oxygen atoms in total. The smallest absolute Gasteiger partial charge is 0.320 e. The molecule has 0 bridgehead atoms. The van der Waals surface area contributed by atoms with Crippen LogP contribution < -0.4 is 21.0 Å². The second-order valence-electron chi connectivity index (χ2n) is 11.1. The molecule has 5 amide bonds. The molecule has 0 radical (unpaired) electrons. The van der Waals surface area contributed by atoms with Crippen molar-refractivity contribution in [1.82, 2.24) is 25.9 Å². The molecule has 0 spiro atoms. The first-order valence-corrected chi connectivity index (χ1v) is 13.1. The zero-order chi connectivity index (χ0) is 26.2. The Balaban J connectivity index is 1.52. The highest BCUT2D eigenvalue weighted by Gasteiger charge is 2.50. The van der Waals surface area contributed by atoms with Crippen LogP contribution in [0, 0.1) is 17.3 Å². The minimum atomic E-state index is -0.948. The van der Waals surface area contributed by atoms with Crippen molar-refractivity contribution in [2.24, 2.45) is 17.3 Å². The lowest BCUT2D eigenvalue weighted by Gasteiger charge is -2.36. The highest BCUT2D eigenvalue weighted by Crippen LogP contribution is 2.37. The first kappa shape index (κ1) is 26.1. The van der Waals surface area contributed by atoms with Crippen molar-refractivity contribution in [2.45, 2.75) is 71.0 Å². The number of rotatable bonds is 9. The van der Waals surface area contributed by atoms with E-state index in [1.807, 2.05) is 26.8 Å². The van der Waals surface area contributed by atoms with Crippen molar-refractivity contribution >= 4 is 38.9 Å². The number of nitrogens with zero attached hydrogens (tertiary/aromatic N) is 1. The summed E-state index contributed by atoms with van der Waals surface area (Å²) in [5.74, 6) is -2.31. The summed E-state index contributed by atoms with van der Waals surface area (Å²) in [6, 6.07) is -3.18. The molecule has 1 saturated carbocycles. The zero-order valence-electron chi connectivity index (χ0n) is 21.0. The number of hydrogen-bond donors (Lipinski definition) is 4. The van der Waals surface area contributed by atoms with Crippen LogP contribution in [0.15, 0.2) is 29.2 Å². The summed E-state index contributed by atoms with van der Waals surface area (Å²) in [6.07, 6.45) is 7.71. The van der Waals surface area contributed by atoms with Gasteiger partial charge in [0.25, 0.3) is 0 Å². The molecule has 194 valence electrons. The average Bonchev–Trinajstić information content (AvgIpc) is 3.54. The summed E-state index contributed by atoms with van der Waals surface area (Å²) in [5, 5.41) is 10.6. The number of likely N-dealkylation sites (tertiary alicyclic amines) is 1. The van der Waals surface area contributed by atoms with Crippen LogP contribution >= 0.6 is 9.39 Å². The SMILES string of the molecule is CC(C)(C)[C@H](NC(=O)NC1=CC1)C(=O)N1CC2=C=C[C@@H]2[C@H]1C(=O)NC(CC1CCC1)C(=O)C(=O)N[PH3+]. The summed E-state index contributed by atoms with van der Waals surface area (Å²) in [7, 11) is 1.17. The van der Waals surface area contributed by atoms with E-state index in [1.165, 1.54) is 14.3 Å². The van der Waals surface area contributed by atoms with E-state index in [-0.39, 0.29) is 24.3 Å². The highest BCUT2D eigenvalue weighted by molar-refractivity contribution is 7.15. The number of allylic oxidation sites excluding steroid dienone is 2. The molecule has 0 aromatic rings. The lowest BCUT2D eigenvalue weighted by Crippen LogP contribution is -2.60. The minimum absolute atomic E-state index is 0.219. The number of hydrogen-bond acceptors (Lipinski definition) is 5. The van der Waals surface area contributed by atoms with Crippen molar-refractivity contribution in [2.75, 3.05) is 6.54 Å². The van der Waals surface area contributed by atoms with E-state index in [9.17, 15) is 24.0 Å². The molecule has 2 unspecified atom stereocenters. The Morgan fingerprint density at radius 3 is 2.36 bits per heavy atom. The fourth-order valence-corrected chi connectivity index (χ4v) is 4.98. The molecule has 0 aromatic heterocycles. The Morgan fingerprint density at radius 1 is 1.17 bits per heavy atom. The number of fused-ring (bicyclic) bond motifs is 1. The van der Waals surface area contributed by atoms with Gasteiger partial charge in [-0.1, -0.05) is 46.1 Å². The summed E-state index contributed by atoms with van der Waals surface area (Å²) in [6.45, 7) is 5.76. The molecule has 2 fully saturated rings. The monoisotopic (exact) mass is 516 g/mol. The number of amides is 5. The topological polar surface area (TPSA) is 137 Å². The third kappa shape index (κ3) is 5.55.